The highest BCUT2D eigenvalue weighted by Gasteiger charge is 2.02. The highest BCUT2D eigenvalue weighted by molar-refractivity contribution is 7.83. The Kier molecular flexibility index (Phi) is 7.64. The topological polar surface area (TPSA) is 35.5 Å². The van der Waals surface area contributed by atoms with Crippen molar-refractivity contribution < 1.29 is 13.7 Å². The van der Waals surface area contributed by atoms with Crippen LogP contribution in [-0.4, -0.2) is 30.9 Å². The summed E-state index contributed by atoms with van der Waals surface area (Å²) in [6, 6.07) is 5.97. The molecule has 0 unspecified atom stereocenters. The fourth-order valence-corrected chi connectivity index (χ4v) is 1.10. The van der Waals surface area contributed by atoms with Gasteiger partial charge in [-0.1, -0.05) is 13.0 Å². The maximum atomic E-state index is 9.56. The van der Waals surface area contributed by atoms with E-state index in [9.17, 15) is 4.21 Å². The first-order valence-electron chi connectivity index (χ1n) is 5.01. The molecule has 0 atom stereocenters. The van der Waals surface area contributed by atoms with Gasteiger partial charge in [0.05, 0.1) is 14.2 Å². The zero-order chi connectivity index (χ0) is 12.6. The summed E-state index contributed by atoms with van der Waals surface area (Å²) in [6.07, 6.45) is 4.29. The minimum atomic E-state index is -0.611. The Labute approximate surface area is 100 Å². The van der Waals surface area contributed by atoms with Crippen molar-refractivity contribution in [1.82, 2.24) is 0 Å². The minimum Gasteiger partial charge on any atom is -0.493 e. The molecule has 0 N–H and O–H groups in total. The van der Waals surface area contributed by atoms with Gasteiger partial charge in [-0.05, 0) is 24.1 Å². The van der Waals surface area contributed by atoms with Gasteiger partial charge in [-0.15, -0.1) is 0 Å². The Morgan fingerprint density at radius 3 is 2.00 bits per heavy atom. The van der Waals surface area contributed by atoms with Gasteiger partial charge in [-0.3, -0.25) is 4.21 Å². The molecule has 1 rings (SSSR count). The van der Waals surface area contributed by atoms with Gasteiger partial charge in [0.15, 0.2) is 11.5 Å². The van der Waals surface area contributed by atoms with Gasteiger partial charge in [0.1, 0.15) is 0 Å². The van der Waals surface area contributed by atoms with Crippen LogP contribution in [0.1, 0.15) is 12.5 Å². The van der Waals surface area contributed by atoms with Crippen LogP contribution in [-0.2, 0) is 17.2 Å². The molecular formula is C12H20O3S. The van der Waals surface area contributed by atoms with E-state index in [0.717, 1.165) is 17.9 Å². The number of hydrogen-bond acceptors (Lipinski definition) is 3. The highest BCUT2D eigenvalue weighted by atomic mass is 32.2. The van der Waals surface area contributed by atoms with Crippen LogP contribution in [0.2, 0.25) is 0 Å². The van der Waals surface area contributed by atoms with Crippen LogP contribution >= 0.6 is 0 Å². The van der Waals surface area contributed by atoms with Gasteiger partial charge >= 0.3 is 0 Å². The number of benzene rings is 1. The lowest BCUT2D eigenvalue weighted by molar-refractivity contribution is 0.354. The van der Waals surface area contributed by atoms with Gasteiger partial charge in [0.2, 0.25) is 0 Å². The molecule has 0 radical (unpaired) electrons. The lowest BCUT2D eigenvalue weighted by Crippen LogP contribution is -1.91. The van der Waals surface area contributed by atoms with Crippen LogP contribution in [0.4, 0.5) is 0 Å². The fraction of sp³-hybridized carbons (Fsp3) is 0.500. The molecule has 1 aromatic rings. The van der Waals surface area contributed by atoms with E-state index in [0.29, 0.717) is 0 Å². The van der Waals surface area contributed by atoms with Crippen LogP contribution < -0.4 is 9.47 Å². The second-order valence-corrected chi connectivity index (χ2v) is 4.77. The van der Waals surface area contributed by atoms with E-state index in [1.165, 1.54) is 5.56 Å². The van der Waals surface area contributed by atoms with Crippen LogP contribution in [0, 0.1) is 0 Å². The van der Waals surface area contributed by atoms with E-state index >= 15 is 0 Å². The summed E-state index contributed by atoms with van der Waals surface area (Å²) in [5.41, 5.74) is 1.26. The Balaban J connectivity index is 0.000000487. The average molecular weight is 244 g/mol. The first-order chi connectivity index (χ1) is 7.54. The number of hydrogen-bond donors (Lipinski definition) is 0. The predicted molar refractivity (Wildman–Crippen MR) is 68.9 cm³/mol. The van der Waals surface area contributed by atoms with Gasteiger partial charge in [0, 0.05) is 23.3 Å². The summed E-state index contributed by atoms with van der Waals surface area (Å²) in [5, 5.41) is 0. The molecule has 0 amide bonds. The summed E-state index contributed by atoms with van der Waals surface area (Å²) in [7, 11) is 2.68. The van der Waals surface area contributed by atoms with Crippen molar-refractivity contribution in [3.8, 4) is 11.5 Å². The highest BCUT2D eigenvalue weighted by Crippen LogP contribution is 2.27. The van der Waals surface area contributed by atoms with Gasteiger partial charge in [-0.2, -0.15) is 0 Å². The van der Waals surface area contributed by atoms with Crippen molar-refractivity contribution in [3.63, 3.8) is 0 Å². The molecule has 92 valence electrons. The Hall–Kier alpha value is -1.03. The Bertz CT molecular complexity index is 333. The molecule has 0 fully saturated rings. The summed E-state index contributed by atoms with van der Waals surface area (Å²) in [4.78, 5) is 0. The van der Waals surface area contributed by atoms with Crippen LogP contribution in [0.3, 0.4) is 0 Å². The second-order valence-electron chi connectivity index (χ2n) is 3.28. The third kappa shape index (κ3) is 5.75. The average Bonchev–Trinajstić information content (AvgIpc) is 2.27. The first kappa shape index (κ1) is 15.0. The standard InChI is InChI=1S/C10H14O2.C2H6OS/c1-4-8-5-6-9(11-2)10(7-8)12-3;1-4(2)3/h5-7H,4H2,1-3H3;1-2H3. The molecule has 1 aromatic carbocycles. The molecule has 0 aliphatic heterocycles. The molecule has 4 heteroatoms. The smallest absolute Gasteiger partial charge is 0.160 e. The molecule has 0 heterocycles. The first-order valence-corrected chi connectivity index (χ1v) is 6.97. The van der Waals surface area contributed by atoms with Crippen molar-refractivity contribution in [1.29, 1.82) is 0 Å². The Morgan fingerprint density at radius 1 is 1.12 bits per heavy atom. The molecular weight excluding hydrogens is 224 g/mol. The number of ether oxygens (including phenoxy) is 2. The van der Waals surface area contributed by atoms with Crippen LogP contribution in [0.5, 0.6) is 11.5 Å². The van der Waals surface area contributed by atoms with Crippen molar-refractivity contribution in [2.45, 2.75) is 13.3 Å². The third-order valence-corrected chi connectivity index (χ3v) is 1.86. The second kappa shape index (κ2) is 8.16. The van der Waals surface area contributed by atoms with Crippen LogP contribution in [0.25, 0.3) is 0 Å². The molecule has 0 bridgehead atoms. The maximum Gasteiger partial charge on any atom is 0.160 e. The van der Waals surface area contributed by atoms with E-state index < -0.39 is 10.8 Å². The molecule has 3 nitrogen and oxygen atoms in total. The number of rotatable bonds is 3. The molecule has 0 aliphatic carbocycles. The van der Waals surface area contributed by atoms with E-state index in [2.05, 4.69) is 6.92 Å². The van der Waals surface area contributed by atoms with E-state index in [-0.39, 0.29) is 0 Å². The van der Waals surface area contributed by atoms with Crippen LogP contribution in [0.15, 0.2) is 18.2 Å². The monoisotopic (exact) mass is 244 g/mol. The SMILES string of the molecule is CCc1ccc(OC)c(OC)c1.CS(C)=O. The summed E-state index contributed by atoms with van der Waals surface area (Å²) < 4.78 is 19.8. The van der Waals surface area contributed by atoms with Gasteiger partial charge in [-0.25, -0.2) is 0 Å². The quantitative estimate of drug-likeness (QED) is 0.818. The fourth-order valence-electron chi connectivity index (χ4n) is 1.10. The normalized spacial score (nSPS) is 9.38. The largest absolute Gasteiger partial charge is 0.493 e. The maximum absolute atomic E-state index is 9.56. The molecule has 0 aliphatic rings. The third-order valence-electron chi connectivity index (χ3n) is 1.86. The lowest BCUT2D eigenvalue weighted by atomic mass is 10.1. The van der Waals surface area contributed by atoms with E-state index in [1.807, 2.05) is 18.2 Å². The summed E-state index contributed by atoms with van der Waals surface area (Å²) >= 11 is 0. The molecule has 16 heavy (non-hydrogen) atoms. The van der Waals surface area contributed by atoms with Crippen molar-refractivity contribution in [3.05, 3.63) is 23.8 Å². The number of methoxy groups -OCH3 is 2. The molecule has 0 saturated carbocycles. The van der Waals surface area contributed by atoms with Gasteiger partial charge in [0.25, 0.3) is 0 Å². The van der Waals surface area contributed by atoms with Crippen molar-refractivity contribution >= 4 is 10.8 Å². The van der Waals surface area contributed by atoms with E-state index in [1.54, 1.807) is 26.7 Å². The summed E-state index contributed by atoms with van der Waals surface area (Å²) in [6.45, 7) is 2.11. The summed E-state index contributed by atoms with van der Waals surface area (Å²) in [5.74, 6) is 1.59. The Morgan fingerprint density at radius 2 is 1.62 bits per heavy atom. The number of aryl methyl sites for hydroxylation is 1. The zero-order valence-corrected chi connectivity index (χ0v) is 11.4. The predicted octanol–water partition coefficient (Wildman–Crippen LogP) is 2.26. The zero-order valence-electron chi connectivity index (χ0n) is 10.6. The van der Waals surface area contributed by atoms with Crippen molar-refractivity contribution in [2.75, 3.05) is 26.7 Å². The van der Waals surface area contributed by atoms with E-state index in [4.69, 9.17) is 9.47 Å². The van der Waals surface area contributed by atoms with Gasteiger partial charge < -0.3 is 9.47 Å². The van der Waals surface area contributed by atoms with Crippen molar-refractivity contribution in [2.24, 2.45) is 0 Å². The molecule has 0 saturated heterocycles. The molecule has 0 aromatic heterocycles. The lowest BCUT2D eigenvalue weighted by Gasteiger charge is -2.07. The molecule has 0 spiro atoms. The minimum absolute atomic E-state index is 0.611.